The first-order valence-electron chi connectivity index (χ1n) is 6.08. The molecule has 17 heavy (non-hydrogen) atoms. The molecular formula is C14H23N3. The van der Waals surface area contributed by atoms with Crippen LogP contribution in [-0.2, 0) is 6.42 Å². The normalized spacial score (nSPS) is 9.82. The van der Waals surface area contributed by atoms with Crippen LogP contribution in [0.25, 0.3) is 0 Å². The van der Waals surface area contributed by atoms with E-state index in [4.69, 9.17) is 0 Å². The minimum atomic E-state index is 1.06. The molecule has 0 heterocycles. The highest BCUT2D eigenvalue weighted by molar-refractivity contribution is 5.84. The highest BCUT2D eigenvalue weighted by Crippen LogP contribution is 2.34. The zero-order chi connectivity index (χ0) is 12.7. The topological polar surface area (TPSA) is 36.1 Å². The van der Waals surface area contributed by atoms with E-state index in [1.54, 1.807) is 0 Å². The summed E-state index contributed by atoms with van der Waals surface area (Å²) in [6.07, 6.45) is 5.24. The summed E-state index contributed by atoms with van der Waals surface area (Å²) < 4.78 is 0. The van der Waals surface area contributed by atoms with Gasteiger partial charge in [-0.05, 0) is 30.9 Å². The Morgan fingerprint density at radius 3 is 2.29 bits per heavy atom. The molecule has 0 fully saturated rings. The van der Waals surface area contributed by atoms with Crippen molar-refractivity contribution in [3.05, 3.63) is 30.4 Å². The van der Waals surface area contributed by atoms with Crippen molar-refractivity contribution in [2.45, 2.75) is 19.3 Å². The Balaban J connectivity index is 3.00. The van der Waals surface area contributed by atoms with Crippen molar-refractivity contribution < 1.29 is 0 Å². The van der Waals surface area contributed by atoms with E-state index in [9.17, 15) is 0 Å². The van der Waals surface area contributed by atoms with E-state index in [2.05, 4.69) is 34.7 Å². The fourth-order valence-electron chi connectivity index (χ4n) is 2.04. The minimum absolute atomic E-state index is 1.06. The van der Waals surface area contributed by atoms with Gasteiger partial charge in [-0.2, -0.15) is 0 Å². The second kappa shape index (κ2) is 6.84. The number of hydrogen-bond acceptors (Lipinski definition) is 3. The molecule has 0 aliphatic rings. The maximum absolute atomic E-state index is 3.76. The van der Waals surface area contributed by atoms with E-state index >= 15 is 0 Å². The Morgan fingerprint density at radius 2 is 1.76 bits per heavy atom. The van der Waals surface area contributed by atoms with Crippen LogP contribution in [-0.4, -0.2) is 21.1 Å². The molecule has 0 aliphatic carbocycles. The van der Waals surface area contributed by atoms with Crippen molar-refractivity contribution in [1.29, 1.82) is 0 Å². The van der Waals surface area contributed by atoms with Crippen molar-refractivity contribution in [2.24, 2.45) is 0 Å². The van der Waals surface area contributed by atoms with Gasteiger partial charge in [-0.15, -0.1) is 6.58 Å². The molecule has 94 valence electrons. The molecule has 3 nitrogen and oxygen atoms in total. The van der Waals surface area contributed by atoms with Gasteiger partial charge in [0, 0.05) is 21.1 Å². The van der Waals surface area contributed by atoms with Gasteiger partial charge in [-0.25, -0.2) is 0 Å². The Morgan fingerprint density at radius 1 is 1.06 bits per heavy atom. The maximum atomic E-state index is 3.76. The summed E-state index contributed by atoms with van der Waals surface area (Å²) >= 11 is 0. The molecule has 3 heteroatoms. The lowest BCUT2D eigenvalue weighted by atomic mass is 10.0. The van der Waals surface area contributed by atoms with Crippen molar-refractivity contribution in [3.8, 4) is 0 Å². The first-order valence-corrected chi connectivity index (χ1v) is 6.08. The molecule has 0 aliphatic heterocycles. The maximum Gasteiger partial charge on any atom is 0.0811 e. The van der Waals surface area contributed by atoms with Crippen LogP contribution in [0.15, 0.2) is 24.8 Å². The average Bonchev–Trinajstić information content (AvgIpc) is 2.38. The van der Waals surface area contributed by atoms with Gasteiger partial charge in [0.15, 0.2) is 0 Å². The first-order chi connectivity index (χ1) is 8.28. The predicted molar refractivity (Wildman–Crippen MR) is 78.2 cm³/mol. The van der Waals surface area contributed by atoms with Gasteiger partial charge in [0.25, 0.3) is 0 Å². The lowest BCUT2D eigenvalue weighted by molar-refractivity contribution is 0.845. The molecule has 0 saturated heterocycles. The molecule has 0 spiro atoms. The summed E-state index contributed by atoms with van der Waals surface area (Å²) in [7, 11) is 5.85. The lowest BCUT2D eigenvalue weighted by Crippen LogP contribution is -2.04. The fourth-order valence-corrected chi connectivity index (χ4v) is 2.04. The number of aryl methyl sites for hydroxylation is 1. The lowest BCUT2D eigenvalue weighted by Gasteiger charge is -2.18. The number of allylic oxidation sites excluding steroid dienone is 1. The van der Waals surface area contributed by atoms with Gasteiger partial charge >= 0.3 is 0 Å². The molecule has 0 atom stereocenters. The van der Waals surface area contributed by atoms with Crippen molar-refractivity contribution in [3.63, 3.8) is 0 Å². The van der Waals surface area contributed by atoms with Gasteiger partial charge in [0.1, 0.15) is 0 Å². The second-order valence-electron chi connectivity index (χ2n) is 3.95. The summed E-state index contributed by atoms with van der Waals surface area (Å²) in [5.41, 5.74) is 4.77. The van der Waals surface area contributed by atoms with Crippen LogP contribution in [0.5, 0.6) is 0 Å². The number of rotatable bonds is 7. The van der Waals surface area contributed by atoms with Crippen LogP contribution in [0.1, 0.15) is 18.4 Å². The van der Waals surface area contributed by atoms with Gasteiger partial charge in [0.05, 0.1) is 17.1 Å². The molecule has 1 aromatic carbocycles. The quantitative estimate of drug-likeness (QED) is 0.499. The third kappa shape index (κ3) is 3.16. The number of benzene rings is 1. The van der Waals surface area contributed by atoms with E-state index in [1.165, 1.54) is 11.3 Å². The molecule has 0 saturated carbocycles. The Bertz CT molecular complexity index is 372. The van der Waals surface area contributed by atoms with E-state index in [0.29, 0.717) is 0 Å². The average molecular weight is 233 g/mol. The van der Waals surface area contributed by atoms with Crippen LogP contribution >= 0.6 is 0 Å². The van der Waals surface area contributed by atoms with Crippen LogP contribution in [0, 0.1) is 0 Å². The Labute approximate surface area is 104 Å². The molecule has 0 bridgehead atoms. The third-order valence-corrected chi connectivity index (χ3v) is 2.92. The van der Waals surface area contributed by atoms with Crippen LogP contribution in [0.3, 0.4) is 0 Å². The Kier molecular flexibility index (Phi) is 5.40. The Hall–Kier alpha value is -1.64. The molecule has 3 N–H and O–H groups in total. The molecule has 0 unspecified atom stereocenters. The van der Waals surface area contributed by atoms with Gasteiger partial charge in [-0.3, -0.25) is 0 Å². The van der Waals surface area contributed by atoms with Crippen LogP contribution in [0.4, 0.5) is 17.1 Å². The number of hydrogen-bond donors (Lipinski definition) is 3. The highest BCUT2D eigenvalue weighted by Gasteiger charge is 2.09. The third-order valence-electron chi connectivity index (χ3n) is 2.92. The van der Waals surface area contributed by atoms with Gasteiger partial charge in [-0.1, -0.05) is 12.1 Å². The molecule has 0 radical (unpaired) electrons. The molecular weight excluding hydrogens is 210 g/mol. The van der Waals surface area contributed by atoms with E-state index in [-0.39, 0.29) is 0 Å². The molecule has 0 aromatic heterocycles. The van der Waals surface area contributed by atoms with E-state index in [1.807, 2.05) is 27.2 Å². The predicted octanol–water partition coefficient (Wildman–Crippen LogP) is 3.32. The second-order valence-corrected chi connectivity index (χ2v) is 3.95. The summed E-state index contributed by atoms with van der Waals surface area (Å²) in [6, 6.07) is 4.30. The zero-order valence-corrected chi connectivity index (χ0v) is 11.1. The number of unbranched alkanes of at least 4 members (excludes halogenated alkanes) is 1. The molecule has 0 amide bonds. The van der Waals surface area contributed by atoms with Crippen molar-refractivity contribution >= 4 is 17.1 Å². The standard InChI is InChI=1S/C14H23N3/c1-5-6-7-8-11-9-10-12(15-2)14(17-4)13(11)16-3/h5,9-10,15-17H,1,6-8H2,2-4H3. The monoisotopic (exact) mass is 233 g/mol. The summed E-state index contributed by atoms with van der Waals surface area (Å²) in [5, 5.41) is 9.74. The smallest absolute Gasteiger partial charge is 0.0811 e. The highest BCUT2D eigenvalue weighted by atomic mass is 15.0. The molecule has 1 rings (SSSR count). The van der Waals surface area contributed by atoms with Crippen molar-refractivity contribution in [2.75, 3.05) is 37.1 Å². The summed E-state index contributed by atoms with van der Waals surface area (Å²) in [6.45, 7) is 3.76. The molecule has 1 aromatic rings. The number of anilines is 3. The van der Waals surface area contributed by atoms with Crippen LogP contribution < -0.4 is 16.0 Å². The van der Waals surface area contributed by atoms with Crippen molar-refractivity contribution in [1.82, 2.24) is 0 Å². The zero-order valence-electron chi connectivity index (χ0n) is 11.1. The first kappa shape index (κ1) is 13.4. The van der Waals surface area contributed by atoms with Gasteiger partial charge < -0.3 is 16.0 Å². The summed E-state index contributed by atoms with van der Waals surface area (Å²) in [5.74, 6) is 0. The van der Waals surface area contributed by atoms with Crippen LogP contribution in [0.2, 0.25) is 0 Å². The summed E-state index contributed by atoms with van der Waals surface area (Å²) in [4.78, 5) is 0. The number of nitrogens with one attached hydrogen (secondary N) is 3. The van der Waals surface area contributed by atoms with E-state index in [0.717, 1.165) is 30.6 Å². The van der Waals surface area contributed by atoms with E-state index < -0.39 is 0 Å². The fraction of sp³-hybridized carbons (Fsp3) is 0.429. The van der Waals surface area contributed by atoms with Gasteiger partial charge in [0.2, 0.25) is 0 Å². The minimum Gasteiger partial charge on any atom is -0.386 e. The SMILES string of the molecule is C=CCCCc1ccc(NC)c(NC)c1NC. The largest absolute Gasteiger partial charge is 0.386 e.